The van der Waals surface area contributed by atoms with Gasteiger partial charge in [0.15, 0.2) is 0 Å². The molecule has 0 unspecified atom stereocenters. The predicted octanol–water partition coefficient (Wildman–Crippen LogP) is 3.08. The number of hydrogen-bond acceptors (Lipinski definition) is 3. The van der Waals surface area contributed by atoms with Crippen LogP contribution in [0.4, 0.5) is 5.69 Å². The standard InChI is InChI=1S/C13H19NO2/c1-5-10(2)9-14-11-6-12(15-3)8-13(7-11)16-4/h6-8,14H,2,5,9H2,1,3-4H3. The minimum Gasteiger partial charge on any atom is -0.497 e. The molecule has 0 bridgehead atoms. The molecule has 0 radical (unpaired) electrons. The van der Waals surface area contributed by atoms with Gasteiger partial charge in [-0.3, -0.25) is 0 Å². The van der Waals surface area contributed by atoms with Gasteiger partial charge in [0.1, 0.15) is 11.5 Å². The van der Waals surface area contributed by atoms with Crippen LogP contribution in [0.5, 0.6) is 11.5 Å². The SMILES string of the molecule is C=C(CC)CNc1cc(OC)cc(OC)c1. The van der Waals surface area contributed by atoms with Crippen molar-refractivity contribution in [3.8, 4) is 11.5 Å². The van der Waals surface area contributed by atoms with Gasteiger partial charge >= 0.3 is 0 Å². The molecule has 1 aromatic rings. The zero-order valence-electron chi connectivity index (χ0n) is 10.2. The fourth-order valence-electron chi connectivity index (χ4n) is 1.26. The van der Waals surface area contributed by atoms with Crippen LogP contribution in [0, 0.1) is 0 Å². The Bertz CT molecular complexity index is 339. The second kappa shape index (κ2) is 6.05. The first kappa shape index (κ1) is 12.4. The summed E-state index contributed by atoms with van der Waals surface area (Å²) in [5.41, 5.74) is 2.15. The number of ether oxygens (including phenoxy) is 2. The Kier molecular flexibility index (Phi) is 4.70. The molecular formula is C13H19NO2. The second-order valence-corrected chi connectivity index (χ2v) is 3.56. The van der Waals surface area contributed by atoms with Crippen LogP contribution in [0.1, 0.15) is 13.3 Å². The molecule has 0 saturated carbocycles. The van der Waals surface area contributed by atoms with E-state index in [1.807, 2.05) is 18.2 Å². The average Bonchev–Trinajstić information content (AvgIpc) is 2.35. The normalized spacial score (nSPS) is 9.69. The summed E-state index contributed by atoms with van der Waals surface area (Å²) in [6.07, 6.45) is 0.980. The molecule has 0 aliphatic rings. The van der Waals surface area contributed by atoms with E-state index in [0.717, 1.165) is 30.2 Å². The topological polar surface area (TPSA) is 30.5 Å². The van der Waals surface area contributed by atoms with Crippen molar-refractivity contribution in [1.82, 2.24) is 0 Å². The van der Waals surface area contributed by atoms with Crippen LogP contribution in [-0.4, -0.2) is 20.8 Å². The van der Waals surface area contributed by atoms with Gasteiger partial charge in [-0.25, -0.2) is 0 Å². The van der Waals surface area contributed by atoms with Crippen LogP contribution in [0.15, 0.2) is 30.4 Å². The fourth-order valence-corrected chi connectivity index (χ4v) is 1.26. The van der Waals surface area contributed by atoms with E-state index in [1.54, 1.807) is 14.2 Å². The summed E-state index contributed by atoms with van der Waals surface area (Å²) in [6, 6.07) is 5.72. The molecule has 0 saturated heterocycles. The average molecular weight is 221 g/mol. The lowest BCUT2D eigenvalue weighted by Crippen LogP contribution is -2.03. The van der Waals surface area contributed by atoms with Gasteiger partial charge in [-0.15, -0.1) is 0 Å². The Morgan fingerprint density at radius 2 is 1.75 bits per heavy atom. The van der Waals surface area contributed by atoms with E-state index in [0.29, 0.717) is 0 Å². The highest BCUT2D eigenvalue weighted by molar-refractivity contribution is 5.54. The van der Waals surface area contributed by atoms with Gasteiger partial charge in [-0.2, -0.15) is 0 Å². The molecule has 3 heteroatoms. The predicted molar refractivity (Wildman–Crippen MR) is 67.5 cm³/mol. The van der Waals surface area contributed by atoms with E-state index in [1.165, 1.54) is 5.57 Å². The van der Waals surface area contributed by atoms with Crippen molar-refractivity contribution < 1.29 is 9.47 Å². The second-order valence-electron chi connectivity index (χ2n) is 3.56. The number of benzene rings is 1. The van der Waals surface area contributed by atoms with Gasteiger partial charge in [-0.05, 0) is 6.42 Å². The number of hydrogen-bond donors (Lipinski definition) is 1. The minimum absolute atomic E-state index is 0.771. The monoisotopic (exact) mass is 221 g/mol. The van der Waals surface area contributed by atoms with E-state index in [-0.39, 0.29) is 0 Å². The van der Waals surface area contributed by atoms with E-state index in [4.69, 9.17) is 9.47 Å². The molecule has 0 heterocycles. The van der Waals surface area contributed by atoms with E-state index < -0.39 is 0 Å². The lowest BCUT2D eigenvalue weighted by atomic mass is 10.2. The zero-order chi connectivity index (χ0) is 12.0. The van der Waals surface area contributed by atoms with Crippen LogP contribution in [0.2, 0.25) is 0 Å². The highest BCUT2D eigenvalue weighted by Crippen LogP contribution is 2.25. The molecule has 0 atom stereocenters. The first-order valence-corrected chi connectivity index (χ1v) is 5.33. The van der Waals surface area contributed by atoms with Crippen molar-refractivity contribution in [3.63, 3.8) is 0 Å². The summed E-state index contributed by atoms with van der Waals surface area (Å²) in [5.74, 6) is 1.56. The molecule has 16 heavy (non-hydrogen) atoms. The first-order valence-electron chi connectivity index (χ1n) is 5.33. The molecular weight excluding hydrogens is 202 g/mol. The zero-order valence-corrected chi connectivity index (χ0v) is 10.2. The molecule has 1 aromatic carbocycles. The lowest BCUT2D eigenvalue weighted by Gasteiger charge is -2.11. The third-order valence-electron chi connectivity index (χ3n) is 2.39. The van der Waals surface area contributed by atoms with Crippen molar-refractivity contribution in [2.45, 2.75) is 13.3 Å². The van der Waals surface area contributed by atoms with Gasteiger partial charge in [-0.1, -0.05) is 19.1 Å². The summed E-state index contributed by atoms with van der Waals surface area (Å²) >= 11 is 0. The Labute approximate surface area is 97.1 Å². The van der Waals surface area contributed by atoms with E-state index in [2.05, 4.69) is 18.8 Å². The molecule has 0 amide bonds. The Hall–Kier alpha value is -1.64. The fraction of sp³-hybridized carbons (Fsp3) is 0.385. The summed E-state index contributed by atoms with van der Waals surface area (Å²) in [7, 11) is 3.28. The summed E-state index contributed by atoms with van der Waals surface area (Å²) in [5, 5.41) is 3.29. The third kappa shape index (κ3) is 3.50. The van der Waals surface area contributed by atoms with Gasteiger partial charge in [0.2, 0.25) is 0 Å². The Balaban J connectivity index is 2.74. The van der Waals surface area contributed by atoms with Gasteiger partial charge < -0.3 is 14.8 Å². The number of anilines is 1. The van der Waals surface area contributed by atoms with E-state index in [9.17, 15) is 0 Å². The molecule has 0 aliphatic heterocycles. The molecule has 1 rings (SSSR count). The summed E-state index contributed by atoms with van der Waals surface area (Å²) in [4.78, 5) is 0. The van der Waals surface area contributed by atoms with E-state index >= 15 is 0 Å². The van der Waals surface area contributed by atoms with Crippen molar-refractivity contribution >= 4 is 5.69 Å². The highest BCUT2D eigenvalue weighted by atomic mass is 16.5. The van der Waals surface area contributed by atoms with Crippen LogP contribution >= 0.6 is 0 Å². The number of nitrogens with one attached hydrogen (secondary N) is 1. The Morgan fingerprint density at radius 1 is 1.19 bits per heavy atom. The molecule has 88 valence electrons. The molecule has 0 fully saturated rings. The van der Waals surface area contributed by atoms with Crippen LogP contribution in [-0.2, 0) is 0 Å². The van der Waals surface area contributed by atoms with Crippen LogP contribution in [0.25, 0.3) is 0 Å². The minimum atomic E-state index is 0.771. The molecule has 0 spiro atoms. The van der Waals surface area contributed by atoms with Crippen molar-refractivity contribution in [1.29, 1.82) is 0 Å². The highest BCUT2D eigenvalue weighted by Gasteiger charge is 2.01. The molecule has 0 aromatic heterocycles. The smallest absolute Gasteiger partial charge is 0.124 e. The summed E-state index contributed by atoms with van der Waals surface area (Å²) < 4.78 is 10.4. The molecule has 3 nitrogen and oxygen atoms in total. The van der Waals surface area contributed by atoms with Crippen LogP contribution < -0.4 is 14.8 Å². The first-order chi connectivity index (χ1) is 7.69. The van der Waals surface area contributed by atoms with Crippen molar-refractivity contribution in [2.24, 2.45) is 0 Å². The molecule has 1 N–H and O–H groups in total. The Morgan fingerprint density at radius 3 is 2.19 bits per heavy atom. The third-order valence-corrected chi connectivity index (χ3v) is 2.39. The van der Waals surface area contributed by atoms with Gasteiger partial charge in [0.25, 0.3) is 0 Å². The number of rotatable bonds is 6. The molecule has 0 aliphatic carbocycles. The lowest BCUT2D eigenvalue weighted by molar-refractivity contribution is 0.394. The van der Waals surface area contributed by atoms with Crippen molar-refractivity contribution in [2.75, 3.05) is 26.1 Å². The maximum Gasteiger partial charge on any atom is 0.124 e. The maximum absolute atomic E-state index is 5.19. The van der Waals surface area contributed by atoms with Crippen LogP contribution in [0.3, 0.4) is 0 Å². The van der Waals surface area contributed by atoms with Crippen molar-refractivity contribution in [3.05, 3.63) is 30.4 Å². The maximum atomic E-state index is 5.19. The van der Waals surface area contributed by atoms with Gasteiger partial charge in [0, 0.05) is 30.4 Å². The quantitative estimate of drug-likeness (QED) is 0.749. The number of methoxy groups -OCH3 is 2. The van der Waals surface area contributed by atoms with Gasteiger partial charge in [0.05, 0.1) is 14.2 Å². The summed E-state index contributed by atoms with van der Waals surface area (Å²) in [6.45, 7) is 6.81. The largest absolute Gasteiger partial charge is 0.497 e.